The number of carbonyl (C=O) groups excluding carboxylic acids is 2. The van der Waals surface area contributed by atoms with Gasteiger partial charge < -0.3 is 19.7 Å². The van der Waals surface area contributed by atoms with Crippen molar-refractivity contribution in [2.24, 2.45) is 0 Å². The second-order valence-electron chi connectivity index (χ2n) is 8.59. The Morgan fingerprint density at radius 2 is 1.87 bits per heavy atom. The summed E-state index contributed by atoms with van der Waals surface area (Å²) < 4.78 is 11.6. The molecule has 3 aromatic carbocycles. The Balaban J connectivity index is 1.45. The Bertz CT molecular complexity index is 1420. The van der Waals surface area contributed by atoms with E-state index in [4.69, 9.17) is 33.3 Å². The Hall–Kier alpha value is -3.53. The van der Waals surface area contributed by atoms with E-state index in [1.807, 2.05) is 50.2 Å². The lowest BCUT2D eigenvalue weighted by molar-refractivity contribution is -0.118. The number of halogens is 1. The summed E-state index contributed by atoms with van der Waals surface area (Å²) in [7, 11) is 5.43. The van der Waals surface area contributed by atoms with Crippen LogP contribution in [0.1, 0.15) is 11.1 Å². The Morgan fingerprint density at radius 3 is 2.55 bits per heavy atom. The number of hydrogen-bond acceptors (Lipinski definition) is 7. The summed E-state index contributed by atoms with van der Waals surface area (Å²) in [6, 6.07) is 18.2. The summed E-state index contributed by atoms with van der Waals surface area (Å²) in [6.45, 7) is 1.61. The normalized spacial score (nSPS) is 14.1. The van der Waals surface area contributed by atoms with Crippen molar-refractivity contribution in [2.45, 2.75) is 6.92 Å². The third kappa shape index (κ3) is 6.12. The summed E-state index contributed by atoms with van der Waals surface area (Å²) in [6.07, 6.45) is 1.76. The molecule has 0 unspecified atom stereocenters. The van der Waals surface area contributed by atoms with Crippen LogP contribution in [0.4, 0.5) is 17.1 Å². The number of thioether (sulfide) groups is 1. The van der Waals surface area contributed by atoms with E-state index in [1.54, 1.807) is 42.5 Å². The molecule has 0 atom stereocenters. The molecule has 0 aromatic heterocycles. The van der Waals surface area contributed by atoms with Gasteiger partial charge in [0, 0.05) is 30.5 Å². The maximum atomic E-state index is 13.2. The van der Waals surface area contributed by atoms with Crippen molar-refractivity contribution in [1.82, 2.24) is 0 Å². The van der Waals surface area contributed by atoms with Gasteiger partial charge in [-0.05, 0) is 72.7 Å². The molecule has 1 N–H and O–H groups in total. The Morgan fingerprint density at radius 1 is 1.13 bits per heavy atom. The minimum absolute atomic E-state index is 0.190. The number of rotatable bonds is 8. The van der Waals surface area contributed by atoms with Crippen molar-refractivity contribution in [1.29, 1.82) is 0 Å². The van der Waals surface area contributed by atoms with Gasteiger partial charge in [-0.2, -0.15) is 0 Å². The lowest BCUT2D eigenvalue weighted by Gasteiger charge is -2.17. The second kappa shape index (κ2) is 11.9. The summed E-state index contributed by atoms with van der Waals surface area (Å²) in [5.41, 5.74) is 3.88. The van der Waals surface area contributed by atoms with E-state index >= 15 is 0 Å². The van der Waals surface area contributed by atoms with Crippen LogP contribution in [0.3, 0.4) is 0 Å². The van der Waals surface area contributed by atoms with Crippen molar-refractivity contribution in [2.75, 3.05) is 42.9 Å². The number of nitrogens with zero attached hydrogens (tertiary/aromatic N) is 2. The van der Waals surface area contributed by atoms with Gasteiger partial charge in [0.05, 0.1) is 17.7 Å². The lowest BCUT2D eigenvalue weighted by Crippen LogP contribution is -2.27. The SMILES string of the molecule is COc1cc(/C=C2\SC(=S)N(c3ccc(N(C)C)cc3)C2=O)ccc1OCC(=O)Nc1cccc(Cl)c1C. The molecular formula is C28H26ClN3O4S2. The molecule has 1 fully saturated rings. The number of anilines is 3. The molecule has 38 heavy (non-hydrogen) atoms. The predicted molar refractivity (Wildman–Crippen MR) is 160 cm³/mol. The Labute approximate surface area is 236 Å². The second-order valence-corrected chi connectivity index (χ2v) is 10.7. The van der Waals surface area contributed by atoms with E-state index in [-0.39, 0.29) is 18.4 Å². The zero-order valence-corrected chi connectivity index (χ0v) is 23.7. The third-order valence-electron chi connectivity index (χ3n) is 5.80. The van der Waals surface area contributed by atoms with E-state index in [2.05, 4.69) is 5.32 Å². The van der Waals surface area contributed by atoms with Crippen molar-refractivity contribution < 1.29 is 19.1 Å². The third-order valence-corrected chi connectivity index (χ3v) is 7.52. The number of hydrogen-bond donors (Lipinski definition) is 1. The molecule has 2 amide bonds. The molecular weight excluding hydrogens is 542 g/mol. The first kappa shape index (κ1) is 27.5. The number of methoxy groups -OCH3 is 1. The quantitative estimate of drug-likeness (QED) is 0.259. The van der Waals surface area contributed by atoms with Gasteiger partial charge in [-0.3, -0.25) is 14.5 Å². The van der Waals surface area contributed by atoms with Crippen LogP contribution < -0.4 is 24.6 Å². The number of nitrogens with one attached hydrogen (secondary N) is 1. The maximum absolute atomic E-state index is 13.2. The van der Waals surface area contributed by atoms with Gasteiger partial charge in [0.1, 0.15) is 0 Å². The van der Waals surface area contributed by atoms with Crippen LogP contribution in [0.2, 0.25) is 5.02 Å². The molecule has 1 aliphatic rings. The molecule has 1 aliphatic heterocycles. The fourth-order valence-corrected chi connectivity index (χ4v) is 5.18. The summed E-state index contributed by atoms with van der Waals surface area (Å²) >= 11 is 12.9. The van der Waals surface area contributed by atoms with E-state index in [1.165, 1.54) is 23.8 Å². The molecule has 0 radical (unpaired) electrons. The van der Waals surface area contributed by atoms with Crippen LogP contribution in [-0.2, 0) is 9.59 Å². The van der Waals surface area contributed by atoms with Crippen LogP contribution in [0.15, 0.2) is 65.6 Å². The van der Waals surface area contributed by atoms with Gasteiger partial charge in [-0.1, -0.05) is 47.7 Å². The smallest absolute Gasteiger partial charge is 0.270 e. The molecule has 0 spiro atoms. The minimum Gasteiger partial charge on any atom is -0.493 e. The summed E-state index contributed by atoms with van der Waals surface area (Å²) in [4.78, 5) is 29.6. The first-order valence-corrected chi connectivity index (χ1v) is 13.2. The molecule has 4 rings (SSSR count). The molecule has 1 saturated heterocycles. The molecule has 10 heteroatoms. The number of amides is 2. The molecule has 0 saturated carbocycles. The fourth-order valence-electron chi connectivity index (χ4n) is 3.71. The van der Waals surface area contributed by atoms with E-state index in [0.29, 0.717) is 37.1 Å². The molecule has 1 heterocycles. The topological polar surface area (TPSA) is 71.1 Å². The average Bonchev–Trinajstić information content (AvgIpc) is 3.18. The van der Waals surface area contributed by atoms with E-state index < -0.39 is 0 Å². The first-order chi connectivity index (χ1) is 18.2. The van der Waals surface area contributed by atoms with Crippen molar-refractivity contribution in [3.8, 4) is 11.5 Å². The first-order valence-electron chi connectivity index (χ1n) is 11.6. The average molecular weight is 568 g/mol. The van der Waals surface area contributed by atoms with Crippen LogP contribution in [0, 0.1) is 6.92 Å². The summed E-state index contributed by atoms with van der Waals surface area (Å²) in [5.74, 6) is 0.310. The molecule has 0 bridgehead atoms. The van der Waals surface area contributed by atoms with Gasteiger partial charge in [0.15, 0.2) is 22.4 Å². The van der Waals surface area contributed by atoms with Gasteiger partial charge in [0.2, 0.25) is 0 Å². The van der Waals surface area contributed by atoms with Gasteiger partial charge in [-0.15, -0.1) is 0 Å². The van der Waals surface area contributed by atoms with Crippen LogP contribution in [-0.4, -0.2) is 43.9 Å². The van der Waals surface area contributed by atoms with Crippen molar-refractivity contribution in [3.63, 3.8) is 0 Å². The lowest BCUT2D eigenvalue weighted by atomic mass is 10.1. The highest BCUT2D eigenvalue weighted by Crippen LogP contribution is 2.37. The van der Waals surface area contributed by atoms with Crippen LogP contribution in [0.25, 0.3) is 6.08 Å². The monoisotopic (exact) mass is 567 g/mol. The fraction of sp³-hybridized carbons (Fsp3) is 0.179. The number of benzene rings is 3. The van der Waals surface area contributed by atoms with Gasteiger partial charge in [-0.25, -0.2) is 0 Å². The standard InChI is InChI=1S/C28H26ClN3O4S2/c1-17-21(29)6-5-7-22(17)30-26(33)16-36-23-13-8-18(14-24(23)35-4)15-25-27(34)32(28(37)38-25)20-11-9-19(10-12-20)31(2)3/h5-15H,16H2,1-4H3,(H,30,33)/b25-15-. The molecule has 3 aromatic rings. The van der Waals surface area contributed by atoms with Gasteiger partial charge in [0.25, 0.3) is 11.8 Å². The van der Waals surface area contributed by atoms with Gasteiger partial charge >= 0.3 is 0 Å². The van der Waals surface area contributed by atoms with Crippen LogP contribution in [0.5, 0.6) is 11.5 Å². The number of ether oxygens (including phenoxy) is 2. The van der Waals surface area contributed by atoms with Crippen molar-refractivity contribution in [3.05, 3.63) is 81.7 Å². The van der Waals surface area contributed by atoms with E-state index in [0.717, 1.165) is 16.8 Å². The minimum atomic E-state index is -0.330. The predicted octanol–water partition coefficient (Wildman–Crippen LogP) is 6.15. The Kier molecular flexibility index (Phi) is 8.61. The molecule has 196 valence electrons. The molecule has 0 aliphatic carbocycles. The maximum Gasteiger partial charge on any atom is 0.270 e. The highest BCUT2D eigenvalue weighted by atomic mass is 35.5. The summed E-state index contributed by atoms with van der Waals surface area (Å²) in [5, 5.41) is 3.36. The van der Waals surface area contributed by atoms with E-state index in [9.17, 15) is 9.59 Å². The van der Waals surface area contributed by atoms with Crippen molar-refractivity contribution >= 4 is 74.9 Å². The zero-order chi connectivity index (χ0) is 27.4. The van der Waals surface area contributed by atoms with Crippen LogP contribution >= 0.6 is 35.6 Å². The molecule has 7 nitrogen and oxygen atoms in total. The highest BCUT2D eigenvalue weighted by molar-refractivity contribution is 8.27. The zero-order valence-electron chi connectivity index (χ0n) is 21.3. The highest BCUT2D eigenvalue weighted by Gasteiger charge is 2.33. The number of thiocarbonyl (C=S) groups is 1. The largest absolute Gasteiger partial charge is 0.493 e. The number of carbonyl (C=O) groups is 2.